The summed E-state index contributed by atoms with van der Waals surface area (Å²) in [6.07, 6.45) is 0.636. The van der Waals surface area contributed by atoms with Gasteiger partial charge in [-0.05, 0) is 44.0 Å². The number of sulfonamides is 2. The number of nitrogens with one attached hydrogen (secondary N) is 1. The summed E-state index contributed by atoms with van der Waals surface area (Å²) in [6, 6.07) is 11.3. The standard InChI is InChI=1S/C18H21FN2O4S2/c1-14-6-8-16(9-7-14)27(24,25)21-12-10-15(11-13-21)20-26(22,23)18-5-3-2-4-17(18)19/h2-9,15,20H,10-13H2,1H3. The summed E-state index contributed by atoms with van der Waals surface area (Å²) in [5, 5.41) is 0. The Hall–Kier alpha value is -1.81. The Morgan fingerprint density at radius 1 is 0.963 bits per heavy atom. The predicted octanol–water partition coefficient (Wildman–Crippen LogP) is 2.27. The molecule has 0 aliphatic carbocycles. The van der Waals surface area contributed by atoms with Crippen LogP contribution in [-0.2, 0) is 20.0 Å². The van der Waals surface area contributed by atoms with Crippen molar-refractivity contribution in [3.63, 3.8) is 0 Å². The fourth-order valence-corrected chi connectivity index (χ4v) is 5.87. The molecule has 1 aliphatic heterocycles. The smallest absolute Gasteiger partial charge is 0.208 e. The molecule has 1 fully saturated rings. The molecule has 1 N–H and O–H groups in total. The van der Waals surface area contributed by atoms with E-state index in [9.17, 15) is 21.2 Å². The molecule has 0 atom stereocenters. The van der Waals surface area contributed by atoms with Crippen molar-refractivity contribution in [2.75, 3.05) is 13.1 Å². The van der Waals surface area contributed by atoms with Crippen molar-refractivity contribution in [1.82, 2.24) is 9.03 Å². The molecule has 3 rings (SSSR count). The second-order valence-electron chi connectivity index (χ2n) is 6.54. The zero-order chi connectivity index (χ0) is 19.7. The van der Waals surface area contributed by atoms with Crippen LogP contribution in [-0.4, -0.2) is 40.3 Å². The zero-order valence-corrected chi connectivity index (χ0v) is 16.4. The molecule has 0 unspecified atom stereocenters. The van der Waals surface area contributed by atoms with Gasteiger partial charge >= 0.3 is 0 Å². The van der Waals surface area contributed by atoms with Crippen molar-refractivity contribution in [1.29, 1.82) is 0 Å². The van der Waals surface area contributed by atoms with Crippen LogP contribution in [0.1, 0.15) is 18.4 Å². The summed E-state index contributed by atoms with van der Waals surface area (Å²) >= 11 is 0. The minimum Gasteiger partial charge on any atom is -0.208 e. The van der Waals surface area contributed by atoms with Gasteiger partial charge in [0.1, 0.15) is 10.7 Å². The van der Waals surface area contributed by atoms with Gasteiger partial charge < -0.3 is 0 Å². The molecule has 1 saturated heterocycles. The van der Waals surface area contributed by atoms with E-state index < -0.39 is 36.8 Å². The first-order chi connectivity index (χ1) is 12.7. The van der Waals surface area contributed by atoms with Crippen molar-refractivity contribution in [3.8, 4) is 0 Å². The van der Waals surface area contributed by atoms with Crippen LogP contribution in [0.4, 0.5) is 4.39 Å². The Balaban J connectivity index is 1.67. The number of piperidine rings is 1. The normalized spacial score (nSPS) is 17.1. The van der Waals surface area contributed by atoms with E-state index >= 15 is 0 Å². The third kappa shape index (κ3) is 4.37. The second kappa shape index (κ2) is 7.67. The van der Waals surface area contributed by atoms with E-state index in [1.54, 1.807) is 24.3 Å². The summed E-state index contributed by atoms with van der Waals surface area (Å²) in [7, 11) is -7.60. The maximum Gasteiger partial charge on any atom is 0.243 e. The van der Waals surface area contributed by atoms with Gasteiger partial charge in [0.15, 0.2) is 0 Å². The molecule has 27 heavy (non-hydrogen) atoms. The minimum absolute atomic E-state index is 0.195. The molecule has 0 radical (unpaired) electrons. The molecule has 2 aromatic carbocycles. The van der Waals surface area contributed by atoms with Crippen LogP contribution in [0.5, 0.6) is 0 Å². The van der Waals surface area contributed by atoms with Gasteiger partial charge in [-0.3, -0.25) is 0 Å². The lowest BCUT2D eigenvalue weighted by molar-refractivity contribution is 0.308. The molecule has 0 amide bonds. The highest BCUT2D eigenvalue weighted by atomic mass is 32.2. The number of nitrogens with zero attached hydrogens (tertiary/aromatic N) is 1. The zero-order valence-electron chi connectivity index (χ0n) is 14.8. The number of hydrogen-bond acceptors (Lipinski definition) is 4. The van der Waals surface area contributed by atoms with Crippen LogP contribution in [0.2, 0.25) is 0 Å². The first-order valence-corrected chi connectivity index (χ1v) is 11.5. The van der Waals surface area contributed by atoms with Crippen molar-refractivity contribution in [2.24, 2.45) is 0 Å². The Morgan fingerprint density at radius 3 is 2.15 bits per heavy atom. The molecular weight excluding hydrogens is 391 g/mol. The molecule has 1 aliphatic rings. The van der Waals surface area contributed by atoms with Gasteiger partial charge in [-0.15, -0.1) is 0 Å². The van der Waals surface area contributed by atoms with Crippen LogP contribution < -0.4 is 4.72 Å². The van der Waals surface area contributed by atoms with E-state index in [4.69, 9.17) is 0 Å². The SMILES string of the molecule is Cc1ccc(S(=O)(=O)N2CCC(NS(=O)(=O)c3ccccc3F)CC2)cc1. The van der Waals surface area contributed by atoms with E-state index in [0.717, 1.165) is 11.6 Å². The van der Waals surface area contributed by atoms with Crippen LogP contribution in [0.25, 0.3) is 0 Å². The fourth-order valence-electron chi connectivity index (χ4n) is 3.02. The van der Waals surface area contributed by atoms with Crippen LogP contribution in [0.3, 0.4) is 0 Å². The van der Waals surface area contributed by atoms with Crippen molar-refractivity contribution in [3.05, 3.63) is 59.9 Å². The fraction of sp³-hybridized carbons (Fsp3) is 0.333. The van der Waals surface area contributed by atoms with Crippen molar-refractivity contribution in [2.45, 2.75) is 35.6 Å². The van der Waals surface area contributed by atoms with Crippen LogP contribution >= 0.6 is 0 Å². The lowest BCUT2D eigenvalue weighted by Gasteiger charge is -2.31. The minimum atomic E-state index is -3.99. The number of aryl methyl sites for hydroxylation is 1. The molecular formula is C18H21FN2O4S2. The highest BCUT2D eigenvalue weighted by Gasteiger charge is 2.31. The van der Waals surface area contributed by atoms with Crippen LogP contribution in [0, 0.1) is 12.7 Å². The lowest BCUT2D eigenvalue weighted by Crippen LogP contribution is -2.46. The highest BCUT2D eigenvalue weighted by molar-refractivity contribution is 7.89. The van der Waals surface area contributed by atoms with Crippen LogP contribution in [0.15, 0.2) is 58.3 Å². The lowest BCUT2D eigenvalue weighted by atomic mass is 10.1. The summed E-state index contributed by atoms with van der Waals surface area (Å²) in [5.41, 5.74) is 0.968. The molecule has 0 spiro atoms. The summed E-state index contributed by atoms with van der Waals surface area (Å²) < 4.78 is 67.7. The Morgan fingerprint density at radius 2 is 1.56 bits per heavy atom. The molecule has 0 saturated carbocycles. The highest BCUT2D eigenvalue weighted by Crippen LogP contribution is 2.22. The maximum atomic E-state index is 13.8. The van der Waals surface area contributed by atoms with Gasteiger partial charge in [0.05, 0.1) is 4.90 Å². The third-order valence-electron chi connectivity index (χ3n) is 4.56. The van der Waals surface area contributed by atoms with Crippen molar-refractivity contribution >= 4 is 20.0 Å². The number of hydrogen-bond donors (Lipinski definition) is 1. The monoisotopic (exact) mass is 412 g/mol. The van der Waals surface area contributed by atoms with Gasteiger partial charge in [0, 0.05) is 19.1 Å². The maximum absolute atomic E-state index is 13.8. The Bertz CT molecular complexity index is 1010. The quantitative estimate of drug-likeness (QED) is 0.817. The Kier molecular flexibility index (Phi) is 5.66. The second-order valence-corrected chi connectivity index (χ2v) is 10.2. The summed E-state index contributed by atoms with van der Waals surface area (Å²) in [5.74, 6) is -0.815. The Labute approximate surface area is 159 Å². The van der Waals surface area contributed by atoms with Gasteiger partial charge in [-0.2, -0.15) is 4.31 Å². The number of halogens is 1. The summed E-state index contributed by atoms with van der Waals surface area (Å²) in [4.78, 5) is -0.182. The molecule has 2 aromatic rings. The van der Waals surface area contributed by atoms with Gasteiger partial charge in [0.2, 0.25) is 20.0 Å². The average molecular weight is 413 g/mol. The van der Waals surface area contributed by atoms with E-state index in [-0.39, 0.29) is 18.0 Å². The predicted molar refractivity (Wildman–Crippen MR) is 99.7 cm³/mol. The molecule has 6 nitrogen and oxygen atoms in total. The first-order valence-electron chi connectivity index (χ1n) is 8.54. The largest absolute Gasteiger partial charge is 0.243 e. The van der Waals surface area contributed by atoms with E-state index in [1.807, 2.05) is 6.92 Å². The number of benzene rings is 2. The van der Waals surface area contributed by atoms with E-state index in [2.05, 4.69) is 4.72 Å². The number of rotatable bonds is 5. The topological polar surface area (TPSA) is 83.6 Å². The van der Waals surface area contributed by atoms with E-state index in [1.165, 1.54) is 22.5 Å². The van der Waals surface area contributed by atoms with E-state index in [0.29, 0.717) is 12.8 Å². The molecule has 146 valence electrons. The average Bonchev–Trinajstić information content (AvgIpc) is 2.62. The van der Waals surface area contributed by atoms with Gasteiger partial charge in [0.25, 0.3) is 0 Å². The van der Waals surface area contributed by atoms with Crippen molar-refractivity contribution < 1.29 is 21.2 Å². The first kappa shape index (κ1) is 19.9. The van der Waals surface area contributed by atoms with Gasteiger partial charge in [-0.1, -0.05) is 29.8 Å². The van der Waals surface area contributed by atoms with Gasteiger partial charge in [-0.25, -0.2) is 25.9 Å². The molecule has 0 bridgehead atoms. The molecule has 0 aromatic heterocycles. The summed E-state index contributed by atoms with van der Waals surface area (Å²) in [6.45, 7) is 2.27. The third-order valence-corrected chi connectivity index (χ3v) is 8.03. The molecule has 9 heteroatoms. The molecule has 1 heterocycles.